The fourth-order valence-electron chi connectivity index (χ4n) is 2.54. The van der Waals surface area contributed by atoms with Gasteiger partial charge in [-0.3, -0.25) is 14.5 Å². The monoisotopic (exact) mass is 307 g/mol. The van der Waals surface area contributed by atoms with Crippen LogP contribution in [0, 0.1) is 0 Å². The zero-order chi connectivity index (χ0) is 15.0. The Bertz CT molecular complexity index is 597. The van der Waals surface area contributed by atoms with E-state index >= 15 is 0 Å². The van der Waals surface area contributed by atoms with Crippen LogP contribution in [0.4, 0.5) is 4.79 Å². The van der Waals surface area contributed by atoms with Crippen molar-refractivity contribution in [3.05, 3.63) is 34.9 Å². The smallest absolute Gasteiger partial charge is 0.324 e. The number of hydrogen-bond acceptors (Lipinski definition) is 3. The van der Waals surface area contributed by atoms with E-state index < -0.39 is 0 Å². The van der Waals surface area contributed by atoms with E-state index in [-0.39, 0.29) is 36.9 Å². The van der Waals surface area contributed by atoms with Crippen LogP contribution in [-0.2, 0) is 16.0 Å². The van der Waals surface area contributed by atoms with Crippen molar-refractivity contribution in [1.29, 1.82) is 0 Å². The molecule has 110 valence electrons. The van der Waals surface area contributed by atoms with Gasteiger partial charge in [0.25, 0.3) is 0 Å². The summed E-state index contributed by atoms with van der Waals surface area (Å²) in [5.41, 5.74) is 0.780. The van der Waals surface area contributed by atoms with Crippen molar-refractivity contribution in [2.75, 3.05) is 19.6 Å². The second kappa shape index (κ2) is 5.37. The van der Waals surface area contributed by atoms with Gasteiger partial charge in [0.05, 0.1) is 19.0 Å². The van der Waals surface area contributed by atoms with Gasteiger partial charge < -0.3 is 10.2 Å². The van der Waals surface area contributed by atoms with Crippen LogP contribution in [0.3, 0.4) is 0 Å². The highest BCUT2D eigenvalue weighted by Gasteiger charge is 2.42. The number of likely N-dealkylation sites (tertiary alicyclic amines) is 1. The molecule has 2 heterocycles. The van der Waals surface area contributed by atoms with Crippen molar-refractivity contribution in [1.82, 2.24) is 15.1 Å². The summed E-state index contributed by atoms with van der Waals surface area (Å²) in [5, 5.41) is 3.04. The molecule has 6 nitrogen and oxygen atoms in total. The molecule has 0 unspecified atom stereocenters. The number of benzene rings is 1. The van der Waals surface area contributed by atoms with Gasteiger partial charge in [-0.2, -0.15) is 0 Å². The molecular formula is C14H14ClN3O3. The second-order valence-corrected chi connectivity index (χ2v) is 5.55. The number of carbonyl (C=O) groups excluding carboxylic acids is 3. The van der Waals surface area contributed by atoms with Gasteiger partial charge in [-0.15, -0.1) is 0 Å². The number of nitrogens with zero attached hydrogens (tertiary/aromatic N) is 2. The van der Waals surface area contributed by atoms with E-state index in [9.17, 15) is 14.4 Å². The van der Waals surface area contributed by atoms with Crippen LogP contribution >= 0.6 is 11.6 Å². The lowest BCUT2D eigenvalue weighted by Gasteiger charge is -2.42. The van der Waals surface area contributed by atoms with E-state index in [1.165, 1.54) is 4.90 Å². The molecule has 1 aromatic carbocycles. The third-order valence-corrected chi connectivity index (χ3v) is 4.13. The maximum Gasteiger partial charge on any atom is 0.324 e. The predicted molar refractivity (Wildman–Crippen MR) is 75.8 cm³/mol. The Balaban J connectivity index is 1.57. The Hall–Kier alpha value is -2.08. The molecule has 0 radical (unpaired) electrons. The summed E-state index contributed by atoms with van der Waals surface area (Å²) in [5.74, 6) is -0.283. The van der Waals surface area contributed by atoms with Crippen LogP contribution < -0.4 is 5.32 Å². The van der Waals surface area contributed by atoms with Gasteiger partial charge in [0.2, 0.25) is 11.8 Å². The third-order valence-electron chi connectivity index (χ3n) is 3.76. The Kier molecular flexibility index (Phi) is 3.55. The number of nitrogens with one attached hydrogen (secondary N) is 1. The molecule has 21 heavy (non-hydrogen) atoms. The minimum Gasteiger partial charge on any atom is -0.338 e. The average Bonchev–Trinajstić information content (AvgIpc) is 2.72. The zero-order valence-electron chi connectivity index (χ0n) is 11.2. The zero-order valence-corrected chi connectivity index (χ0v) is 12.0. The van der Waals surface area contributed by atoms with Crippen LogP contribution in [-0.4, -0.2) is 53.3 Å². The van der Waals surface area contributed by atoms with Crippen LogP contribution in [0.5, 0.6) is 0 Å². The highest BCUT2D eigenvalue weighted by Crippen LogP contribution is 2.21. The molecule has 3 rings (SSSR count). The van der Waals surface area contributed by atoms with Gasteiger partial charge in [0.1, 0.15) is 0 Å². The molecule has 1 aromatic rings. The summed E-state index contributed by atoms with van der Waals surface area (Å²) in [6.07, 6.45) is 0.229. The van der Waals surface area contributed by atoms with Crippen molar-refractivity contribution < 1.29 is 14.4 Å². The fraction of sp³-hybridized carbons (Fsp3) is 0.357. The SMILES string of the molecule is O=C(Cc1ccccc1Cl)N1CC(N2C(=O)CNC2=O)C1. The van der Waals surface area contributed by atoms with Gasteiger partial charge in [-0.25, -0.2) is 4.79 Å². The van der Waals surface area contributed by atoms with Crippen LogP contribution in [0.15, 0.2) is 24.3 Å². The Labute approximate surface area is 126 Å². The number of halogens is 1. The van der Waals surface area contributed by atoms with Gasteiger partial charge >= 0.3 is 6.03 Å². The van der Waals surface area contributed by atoms with Crippen molar-refractivity contribution in [2.24, 2.45) is 0 Å². The van der Waals surface area contributed by atoms with Gasteiger partial charge in [-0.05, 0) is 11.6 Å². The van der Waals surface area contributed by atoms with E-state index in [1.54, 1.807) is 11.0 Å². The number of hydrogen-bond donors (Lipinski definition) is 1. The van der Waals surface area contributed by atoms with Crippen molar-refractivity contribution >= 4 is 29.4 Å². The van der Waals surface area contributed by atoms with Crippen LogP contribution in [0.25, 0.3) is 0 Å². The molecule has 1 N–H and O–H groups in total. The summed E-state index contributed by atoms with van der Waals surface area (Å²) in [4.78, 5) is 38.0. The molecule has 0 aliphatic carbocycles. The van der Waals surface area contributed by atoms with Crippen molar-refractivity contribution in [3.8, 4) is 0 Å². The first-order valence-electron chi connectivity index (χ1n) is 6.67. The third kappa shape index (κ3) is 2.58. The minimum atomic E-state index is -0.372. The molecule has 0 atom stereocenters. The highest BCUT2D eigenvalue weighted by atomic mass is 35.5. The molecule has 2 aliphatic heterocycles. The normalized spacial score (nSPS) is 18.7. The summed E-state index contributed by atoms with van der Waals surface area (Å²) >= 11 is 6.03. The summed E-state index contributed by atoms with van der Waals surface area (Å²) in [7, 11) is 0. The number of rotatable bonds is 3. The second-order valence-electron chi connectivity index (χ2n) is 5.14. The molecule has 7 heteroatoms. The summed E-state index contributed by atoms with van der Waals surface area (Å²) in [6, 6.07) is 6.62. The molecular weight excluding hydrogens is 294 g/mol. The molecule has 2 saturated heterocycles. The van der Waals surface area contributed by atoms with E-state index in [4.69, 9.17) is 11.6 Å². The van der Waals surface area contributed by atoms with Crippen molar-refractivity contribution in [3.63, 3.8) is 0 Å². The fourth-order valence-corrected chi connectivity index (χ4v) is 2.75. The number of imide groups is 1. The van der Waals surface area contributed by atoms with Gasteiger partial charge in [0.15, 0.2) is 0 Å². The summed E-state index contributed by atoms with van der Waals surface area (Å²) < 4.78 is 0. The molecule has 2 aliphatic rings. The lowest BCUT2D eigenvalue weighted by Crippen LogP contribution is -2.62. The minimum absolute atomic E-state index is 0.0445. The molecule has 0 spiro atoms. The maximum atomic E-state index is 12.1. The van der Waals surface area contributed by atoms with E-state index in [1.807, 2.05) is 18.2 Å². The first-order chi connectivity index (χ1) is 10.1. The molecule has 0 saturated carbocycles. The molecule has 2 fully saturated rings. The standard InChI is InChI=1S/C14H14ClN3O3/c15-11-4-2-1-3-9(11)5-12(19)17-7-10(8-17)18-13(20)6-16-14(18)21/h1-4,10H,5-8H2,(H,16,21). The van der Waals surface area contributed by atoms with Gasteiger partial charge in [-0.1, -0.05) is 29.8 Å². The largest absolute Gasteiger partial charge is 0.338 e. The van der Waals surface area contributed by atoms with E-state index in [0.29, 0.717) is 18.1 Å². The lowest BCUT2D eigenvalue weighted by molar-refractivity contribution is -0.141. The van der Waals surface area contributed by atoms with Gasteiger partial charge in [0, 0.05) is 18.1 Å². The molecule has 4 amide bonds. The number of carbonyl (C=O) groups is 3. The maximum absolute atomic E-state index is 12.1. The number of urea groups is 1. The average molecular weight is 308 g/mol. The van der Waals surface area contributed by atoms with E-state index in [0.717, 1.165) is 5.56 Å². The molecule has 0 bridgehead atoms. The summed E-state index contributed by atoms with van der Waals surface area (Å²) in [6.45, 7) is 0.827. The van der Waals surface area contributed by atoms with Crippen molar-refractivity contribution in [2.45, 2.75) is 12.5 Å². The Morgan fingerprint density at radius 3 is 2.62 bits per heavy atom. The quantitative estimate of drug-likeness (QED) is 0.833. The number of amides is 4. The highest BCUT2D eigenvalue weighted by molar-refractivity contribution is 6.31. The Morgan fingerprint density at radius 1 is 1.29 bits per heavy atom. The first kappa shape index (κ1) is 13.9. The topological polar surface area (TPSA) is 69.7 Å². The Morgan fingerprint density at radius 2 is 2.00 bits per heavy atom. The van der Waals surface area contributed by atoms with Crippen LogP contribution in [0.1, 0.15) is 5.56 Å². The molecule has 0 aromatic heterocycles. The first-order valence-corrected chi connectivity index (χ1v) is 7.05. The predicted octanol–water partition coefficient (Wildman–Crippen LogP) is 0.645. The van der Waals surface area contributed by atoms with Crippen LogP contribution in [0.2, 0.25) is 5.02 Å². The van der Waals surface area contributed by atoms with E-state index in [2.05, 4.69) is 5.32 Å². The lowest BCUT2D eigenvalue weighted by atomic mass is 10.0.